The Bertz CT molecular complexity index is 1500. The zero-order chi connectivity index (χ0) is 25.1. The fourth-order valence-electron chi connectivity index (χ4n) is 4.30. The van der Waals surface area contributed by atoms with Gasteiger partial charge in [-0.1, -0.05) is 36.0 Å². The highest BCUT2D eigenvalue weighted by Crippen LogP contribution is 2.29. The third-order valence-corrected chi connectivity index (χ3v) is 6.83. The number of benzene rings is 2. The summed E-state index contributed by atoms with van der Waals surface area (Å²) in [4.78, 5) is 43.3. The summed E-state index contributed by atoms with van der Waals surface area (Å²) in [5.41, 5.74) is 2.19. The van der Waals surface area contributed by atoms with Crippen molar-refractivity contribution >= 4 is 23.4 Å². The number of carbonyl (C=O) groups excluding carboxylic acids is 1. The van der Waals surface area contributed by atoms with Crippen molar-refractivity contribution in [3.8, 4) is 11.4 Å². The normalized spacial score (nSPS) is 12.9. The predicted molar refractivity (Wildman–Crippen MR) is 136 cm³/mol. The molecule has 5 rings (SSSR count). The monoisotopic (exact) mass is 504 g/mol. The highest BCUT2D eigenvalue weighted by atomic mass is 32.2. The molecule has 4 aromatic rings. The number of hydrogen-bond acceptors (Lipinski definition) is 7. The van der Waals surface area contributed by atoms with Crippen LogP contribution in [0.4, 0.5) is 5.69 Å². The lowest BCUT2D eigenvalue weighted by molar-refractivity contribution is -0.116. The van der Waals surface area contributed by atoms with Gasteiger partial charge in [0.15, 0.2) is 5.16 Å². The number of nitrogens with one attached hydrogen (secondary N) is 2. The van der Waals surface area contributed by atoms with Gasteiger partial charge >= 0.3 is 5.69 Å². The molecule has 2 aromatic heterocycles. The van der Waals surface area contributed by atoms with Crippen LogP contribution in [0.25, 0.3) is 5.69 Å². The molecular weight excluding hydrogens is 480 g/mol. The third-order valence-electron chi connectivity index (χ3n) is 5.91. The van der Waals surface area contributed by atoms with Gasteiger partial charge in [-0.05, 0) is 36.6 Å². The maximum absolute atomic E-state index is 13.2. The molecule has 3 heterocycles. The number of methoxy groups -OCH3 is 1. The number of anilines is 1. The Morgan fingerprint density at radius 3 is 2.78 bits per heavy atom. The van der Waals surface area contributed by atoms with Crippen molar-refractivity contribution < 1.29 is 9.53 Å². The van der Waals surface area contributed by atoms with Crippen LogP contribution in [0, 0.1) is 0 Å². The summed E-state index contributed by atoms with van der Waals surface area (Å²) in [6.45, 7) is 0.681. The van der Waals surface area contributed by atoms with E-state index in [1.54, 1.807) is 7.11 Å². The van der Waals surface area contributed by atoms with Crippen molar-refractivity contribution in [3.63, 3.8) is 0 Å². The first-order valence-corrected chi connectivity index (χ1v) is 12.4. The molecular formula is C25H24N6O4S. The minimum Gasteiger partial charge on any atom is -0.497 e. The van der Waals surface area contributed by atoms with E-state index in [4.69, 9.17) is 4.74 Å². The van der Waals surface area contributed by atoms with Crippen LogP contribution in [-0.2, 0) is 17.6 Å². The number of carbonyl (C=O) groups is 1. The zero-order valence-corrected chi connectivity index (χ0v) is 20.4. The molecule has 0 spiro atoms. The lowest BCUT2D eigenvalue weighted by Gasteiger charge is -2.29. The predicted octanol–water partition coefficient (Wildman–Crippen LogP) is 2.31. The summed E-state index contributed by atoms with van der Waals surface area (Å²) in [6.07, 6.45) is 2.05. The number of aromatic amines is 2. The SMILES string of the molecule is COc1cccc(-n2c(Cc3cc(=O)[nH]c(=O)[nH]3)nnc2SCC(=O)N2CCCc3ccccc32)c1. The van der Waals surface area contributed by atoms with Crippen LogP contribution < -0.4 is 20.9 Å². The van der Waals surface area contributed by atoms with E-state index in [9.17, 15) is 14.4 Å². The number of hydrogen-bond donors (Lipinski definition) is 2. The van der Waals surface area contributed by atoms with Crippen molar-refractivity contribution in [3.05, 3.63) is 92.5 Å². The number of nitrogens with zero attached hydrogens (tertiary/aromatic N) is 4. The Balaban J connectivity index is 1.45. The van der Waals surface area contributed by atoms with Gasteiger partial charge < -0.3 is 14.6 Å². The van der Waals surface area contributed by atoms with Crippen LogP contribution in [0.15, 0.2) is 69.3 Å². The van der Waals surface area contributed by atoms with Crippen LogP contribution in [-0.4, -0.2) is 50.0 Å². The molecule has 0 radical (unpaired) electrons. The van der Waals surface area contributed by atoms with Gasteiger partial charge in [-0.3, -0.25) is 19.1 Å². The molecule has 184 valence electrons. The molecule has 2 N–H and O–H groups in total. The van der Waals surface area contributed by atoms with Gasteiger partial charge in [-0.15, -0.1) is 10.2 Å². The Hall–Kier alpha value is -4.12. The van der Waals surface area contributed by atoms with E-state index < -0.39 is 11.2 Å². The molecule has 1 aliphatic heterocycles. The molecule has 0 unspecified atom stereocenters. The van der Waals surface area contributed by atoms with E-state index in [0.29, 0.717) is 29.0 Å². The summed E-state index contributed by atoms with van der Waals surface area (Å²) in [7, 11) is 1.58. The maximum Gasteiger partial charge on any atom is 0.325 e. The van der Waals surface area contributed by atoms with Crippen molar-refractivity contribution in [2.75, 3.05) is 24.3 Å². The fraction of sp³-hybridized carbons (Fsp3) is 0.240. The minimum atomic E-state index is -0.591. The molecule has 1 aliphatic rings. The number of thioether (sulfide) groups is 1. The second-order valence-corrected chi connectivity index (χ2v) is 9.23. The summed E-state index contributed by atoms with van der Waals surface area (Å²) >= 11 is 1.29. The average molecular weight is 505 g/mol. The van der Waals surface area contributed by atoms with Gasteiger partial charge in [-0.25, -0.2) is 4.79 Å². The van der Waals surface area contributed by atoms with Gasteiger partial charge in [0, 0.05) is 36.5 Å². The van der Waals surface area contributed by atoms with E-state index in [2.05, 4.69) is 26.2 Å². The number of ether oxygens (including phenoxy) is 1. The highest BCUT2D eigenvalue weighted by molar-refractivity contribution is 7.99. The third kappa shape index (κ3) is 4.96. The van der Waals surface area contributed by atoms with Crippen LogP contribution in [0.3, 0.4) is 0 Å². The number of rotatable bonds is 7. The summed E-state index contributed by atoms with van der Waals surface area (Å²) in [5, 5.41) is 9.18. The first-order chi connectivity index (χ1) is 17.5. The first-order valence-electron chi connectivity index (χ1n) is 11.4. The van der Waals surface area contributed by atoms with E-state index in [1.807, 2.05) is 51.9 Å². The molecule has 0 atom stereocenters. The molecule has 2 aromatic carbocycles. The van der Waals surface area contributed by atoms with Gasteiger partial charge in [-0.2, -0.15) is 0 Å². The molecule has 10 nitrogen and oxygen atoms in total. The minimum absolute atomic E-state index is 0.00665. The zero-order valence-electron chi connectivity index (χ0n) is 19.6. The molecule has 11 heteroatoms. The van der Waals surface area contributed by atoms with Crippen molar-refractivity contribution in [2.45, 2.75) is 24.4 Å². The number of para-hydroxylation sites is 1. The smallest absolute Gasteiger partial charge is 0.325 e. The largest absolute Gasteiger partial charge is 0.497 e. The first kappa shape index (κ1) is 23.6. The number of aryl methyl sites for hydroxylation is 1. The molecule has 0 saturated carbocycles. The number of fused-ring (bicyclic) bond motifs is 1. The van der Waals surface area contributed by atoms with Crippen molar-refractivity contribution in [2.24, 2.45) is 0 Å². The molecule has 36 heavy (non-hydrogen) atoms. The van der Waals surface area contributed by atoms with Gasteiger partial charge in [0.1, 0.15) is 11.6 Å². The topological polar surface area (TPSA) is 126 Å². The van der Waals surface area contributed by atoms with Crippen LogP contribution in [0.2, 0.25) is 0 Å². The second kappa shape index (κ2) is 10.2. The van der Waals surface area contributed by atoms with Gasteiger partial charge in [0.2, 0.25) is 5.91 Å². The summed E-state index contributed by atoms with van der Waals surface area (Å²) < 4.78 is 7.19. The second-order valence-electron chi connectivity index (χ2n) is 8.29. The molecule has 0 saturated heterocycles. The lowest BCUT2D eigenvalue weighted by Crippen LogP contribution is -2.36. The number of H-pyrrole nitrogens is 2. The Labute approximate surface area is 210 Å². The van der Waals surface area contributed by atoms with Gasteiger partial charge in [0.25, 0.3) is 5.56 Å². The van der Waals surface area contributed by atoms with Gasteiger partial charge in [0.05, 0.1) is 18.6 Å². The summed E-state index contributed by atoms with van der Waals surface area (Å²) in [6, 6.07) is 16.7. The Kier molecular flexibility index (Phi) is 6.72. The molecule has 1 amide bonds. The quantitative estimate of drug-likeness (QED) is 0.370. The van der Waals surface area contributed by atoms with E-state index >= 15 is 0 Å². The number of aromatic nitrogens is 5. The summed E-state index contributed by atoms with van der Waals surface area (Å²) in [5.74, 6) is 1.32. The fourth-order valence-corrected chi connectivity index (χ4v) is 5.15. The average Bonchev–Trinajstić information content (AvgIpc) is 3.28. The maximum atomic E-state index is 13.2. The standard InChI is InChI=1S/C25H24N6O4S/c1-35-19-9-4-8-18(14-19)31-21(12-17-13-22(32)27-24(34)26-17)28-29-25(31)36-15-23(33)30-11-5-7-16-6-2-3-10-20(16)30/h2-4,6,8-10,13-14H,5,7,11-12,15H2,1H3,(H2,26,27,32,34). The van der Waals surface area contributed by atoms with E-state index in [0.717, 1.165) is 24.2 Å². The van der Waals surface area contributed by atoms with Crippen LogP contribution >= 0.6 is 11.8 Å². The van der Waals surface area contributed by atoms with E-state index in [1.165, 1.54) is 23.4 Å². The van der Waals surface area contributed by atoms with Crippen molar-refractivity contribution in [1.29, 1.82) is 0 Å². The van der Waals surface area contributed by atoms with Crippen LogP contribution in [0.5, 0.6) is 5.75 Å². The highest BCUT2D eigenvalue weighted by Gasteiger charge is 2.24. The lowest BCUT2D eigenvalue weighted by atomic mass is 10.0. The molecule has 0 aliphatic carbocycles. The number of amides is 1. The Morgan fingerprint density at radius 1 is 1.08 bits per heavy atom. The molecule has 0 fully saturated rings. The van der Waals surface area contributed by atoms with Crippen molar-refractivity contribution in [1.82, 2.24) is 24.7 Å². The molecule has 0 bridgehead atoms. The van der Waals surface area contributed by atoms with Crippen LogP contribution in [0.1, 0.15) is 23.5 Å². The Morgan fingerprint density at radius 2 is 1.94 bits per heavy atom. The van der Waals surface area contributed by atoms with E-state index in [-0.39, 0.29) is 18.1 Å².